The molecule has 0 saturated heterocycles. The summed E-state index contributed by atoms with van der Waals surface area (Å²) >= 11 is 3.95. The highest BCUT2D eigenvalue weighted by atomic mass is 32.1. The second-order valence-corrected chi connectivity index (χ2v) is 2.78. The van der Waals surface area contributed by atoms with E-state index in [1.165, 1.54) is 6.07 Å². The fourth-order valence-electron chi connectivity index (χ4n) is 0.931. The Hall–Kier alpha value is -1.11. The number of hydrogen-bond acceptors (Lipinski definition) is 3. The van der Waals surface area contributed by atoms with Crippen molar-refractivity contribution in [1.29, 1.82) is 0 Å². The smallest absolute Gasteiger partial charge is 0.121 e. The average Bonchev–Trinajstić information content (AvgIpc) is 2.16. The van der Waals surface area contributed by atoms with Crippen molar-refractivity contribution in [1.82, 2.24) is 0 Å². The molecule has 13 heavy (non-hydrogen) atoms. The minimum Gasteiger partial charge on any atom is -0.508 e. The van der Waals surface area contributed by atoms with Gasteiger partial charge in [-0.2, -0.15) is 12.6 Å². The van der Waals surface area contributed by atoms with Gasteiger partial charge in [-0.1, -0.05) is 11.8 Å². The number of aliphatic hydroxyl groups excluding tert-OH is 1. The number of benzene rings is 1. The molecule has 3 heteroatoms. The van der Waals surface area contributed by atoms with Gasteiger partial charge in [-0.15, -0.1) is 0 Å². The Morgan fingerprint density at radius 3 is 2.77 bits per heavy atom. The molecule has 0 aromatic heterocycles. The van der Waals surface area contributed by atoms with E-state index >= 15 is 0 Å². The third kappa shape index (κ3) is 2.69. The first-order valence-electron chi connectivity index (χ1n) is 3.80. The van der Waals surface area contributed by atoms with Crippen molar-refractivity contribution in [2.75, 3.05) is 5.75 Å². The molecule has 0 aliphatic heterocycles. The molecular formula is C10H10O2S. The van der Waals surface area contributed by atoms with Crippen LogP contribution in [-0.2, 0) is 6.61 Å². The fourth-order valence-corrected chi connectivity index (χ4v) is 1.01. The van der Waals surface area contributed by atoms with Crippen LogP contribution in [0.3, 0.4) is 0 Å². The van der Waals surface area contributed by atoms with Crippen molar-refractivity contribution in [2.45, 2.75) is 6.61 Å². The lowest BCUT2D eigenvalue weighted by molar-refractivity contribution is 0.275. The van der Waals surface area contributed by atoms with Crippen molar-refractivity contribution in [3.05, 3.63) is 29.3 Å². The summed E-state index contributed by atoms with van der Waals surface area (Å²) in [5, 5.41) is 18.1. The van der Waals surface area contributed by atoms with E-state index in [9.17, 15) is 5.11 Å². The summed E-state index contributed by atoms with van der Waals surface area (Å²) in [6.45, 7) is -0.178. The minimum absolute atomic E-state index is 0.0962. The zero-order chi connectivity index (χ0) is 9.68. The Morgan fingerprint density at radius 2 is 2.15 bits per heavy atom. The molecule has 1 aromatic rings. The first-order chi connectivity index (χ1) is 6.27. The molecule has 0 radical (unpaired) electrons. The van der Waals surface area contributed by atoms with Gasteiger partial charge in [-0.05, 0) is 18.2 Å². The van der Waals surface area contributed by atoms with Gasteiger partial charge >= 0.3 is 0 Å². The van der Waals surface area contributed by atoms with Gasteiger partial charge in [-0.25, -0.2) is 0 Å². The maximum absolute atomic E-state index is 9.24. The fraction of sp³-hybridized carbons (Fsp3) is 0.200. The molecule has 1 aromatic carbocycles. The van der Waals surface area contributed by atoms with Crippen molar-refractivity contribution >= 4 is 12.6 Å². The highest BCUT2D eigenvalue weighted by Crippen LogP contribution is 2.17. The molecular weight excluding hydrogens is 184 g/mol. The number of hydrogen-bond donors (Lipinski definition) is 3. The molecule has 0 saturated carbocycles. The Bertz CT molecular complexity index is 350. The molecule has 0 fully saturated rings. The average molecular weight is 194 g/mol. The molecule has 0 aliphatic rings. The topological polar surface area (TPSA) is 40.5 Å². The van der Waals surface area contributed by atoms with Gasteiger partial charge in [-0.3, -0.25) is 0 Å². The first kappa shape index (κ1) is 9.97. The van der Waals surface area contributed by atoms with Crippen molar-refractivity contribution < 1.29 is 10.2 Å². The predicted octanol–water partition coefficient (Wildman–Crippen LogP) is 1.17. The number of phenols is 1. The number of rotatable bonds is 1. The lowest BCUT2D eigenvalue weighted by Crippen LogP contribution is -1.85. The summed E-state index contributed by atoms with van der Waals surface area (Å²) in [5.41, 5.74) is 1.27. The van der Waals surface area contributed by atoms with Gasteiger partial charge in [0.25, 0.3) is 0 Å². The van der Waals surface area contributed by atoms with Crippen molar-refractivity contribution in [3.63, 3.8) is 0 Å². The maximum Gasteiger partial charge on any atom is 0.121 e. The Kier molecular flexibility index (Phi) is 3.69. The number of thiol groups is 1. The van der Waals surface area contributed by atoms with Gasteiger partial charge < -0.3 is 10.2 Å². The molecule has 0 bridgehead atoms. The van der Waals surface area contributed by atoms with Crippen molar-refractivity contribution in [3.8, 4) is 17.6 Å². The zero-order valence-corrected chi connectivity index (χ0v) is 7.88. The monoisotopic (exact) mass is 194 g/mol. The normalized spacial score (nSPS) is 9.08. The van der Waals surface area contributed by atoms with E-state index in [2.05, 4.69) is 24.5 Å². The van der Waals surface area contributed by atoms with E-state index in [1.807, 2.05) is 0 Å². The lowest BCUT2D eigenvalue weighted by Gasteiger charge is -2.00. The van der Waals surface area contributed by atoms with Gasteiger partial charge in [0.15, 0.2) is 0 Å². The van der Waals surface area contributed by atoms with Crippen LogP contribution in [0.15, 0.2) is 18.2 Å². The van der Waals surface area contributed by atoms with Crippen LogP contribution in [0, 0.1) is 11.8 Å². The van der Waals surface area contributed by atoms with Crippen LogP contribution in [-0.4, -0.2) is 16.0 Å². The quantitative estimate of drug-likeness (QED) is 0.464. The largest absolute Gasteiger partial charge is 0.508 e. The lowest BCUT2D eigenvalue weighted by atomic mass is 10.1. The SMILES string of the molecule is OCc1cc(C#CCS)ccc1O. The van der Waals surface area contributed by atoms with Crippen LogP contribution in [0.4, 0.5) is 0 Å². The highest BCUT2D eigenvalue weighted by Gasteiger charge is 1.98. The summed E-state index contributed by atoms with van der Waals surface area (Å²) < 4.78 is 0. The van der Waals surface area contributed by atoms with E-state index in [0.717, 1.165) is 5.56 Å². The van der Waals surface area contributed by atoms with E-state index in [1.54, 1.807) is 12.1 Å². The van der Waals surface area contributed by atoms with E-state index in [0.29, 0.717) is 11.3 Å². The van der Waals surface area contributed by atoms with E-state index in [4.69, 9.17) is 5.11 Å². The second kappa shape index (κ2) is 4.80. The van der Waals surface area contributed by atoms with Crippen LogP contribution in [0.5, 0.6) is 5.75 Å². The molecule has 0 amide bonds. The minimum atomic E-state index is -0.178. The van der Waals surface area contributed by atoms with Gasteiger partial charge in [0, 0.05) is 11.1 Å². The Morgan fingerprint density at radius 1 is 1.38 bits per heavy atom. The van der Waals surface area contributed by atoms with Gasteiger partial charge in [0.2, 0.25) is 0 Å². The summed E-state index contributed by atoms with van der Waals surface area (Å²) in [5.74, 6) is 6.23. The van der Waals surface area contributed by atoms with Crippen LogP contribution in [0.2, 0.25) is 0 Å². The third-order valence-corrected chi connectivity index (χ3v) is 1.72. The molecule has 0 atom stereocenters. The van der Waals surface area contributed by atoms with Crippen LogP contribution >= 0.6 is 12.6 Å². The molecule has 2 N–H and O–H groups in total. The second-order valence-electron chi connectivity index (χ2n) is 2.46. The van der Waals surface area contributed by atoms with Crippen LogP contribution < -0.4 is 0 Å². The molecule has 0 spiro atoms. The summed E-state index contributed by atoms with van der Waals surface area (Å²) in [6, 6.07) is 4.88. The summed E-state index contributed by atoms with van der Waals surface area (Å²) in [7, 11) is 0. The summed E-state index contributed by atoms with van der Waals surface area (Å²) in [4.78, 5) is 0. The van der Waals surface area contributed by atoms with Gasteiger partial charge in [0.1, 0.15) is 5.75 Å². The highest BCUT2D eigenvalue weighted by molar-refractivity contribution is 7.80. The first-order valence-corrected chi connectivity index (χ1v) is 4.43. The number of aromatic hydroxyl groups is 1. The van der Waals surface area contributed by atoms with Crippen molar-refractivity contribution in [2.24, 2.45) is 0 Å². The predicted molar refractivity (Wildman–Crippen MR) is 54.8 cm³/mol. The molecule has 68 valence electrons. The van der Waals surface area contributed by atoms with E-state index in [-0.39, 0.29) is 12.4 Å². The zero-order valence-electron chi connectivity index (χ0n) is 6.99. The molecule has 0 aliphatic carbocycles. The molecule has 1 rings (SSSR count). The van der Waals surface area contributed by atoms with Crippen LogP contribution in [0.25, 0.3) is 0 Å². The molecule has 0 heterocycles. The standard InChI is InChI=1S/C10H10O2S/c11-7-9-6-8(2-1-5-13)3-4-10(9)12/h3-4,6,11-13H,5,7H2. The molecule has 0 unspecified atom stereocenters. The third-order valence-electron chi connectivity index (χ3n) is 1.56. The Balaban J connectivity index is 2.99. The Labute approximate surface area is 82.6 Å². The molecule has 2 nitrogen and oxygen atoms in total. The van der Waals surface area contributed by atoms with E-state index < -0.39 is 0 Å². The number of aliphatic hydroxyl groups is 1. The maximum atomic E-state index is 9.24. The van der Waals surface area contributed by atoms with Crippen LogP contribution in [0.1, 0.15) is 11.1 Å². The summed E-state index contributed by atoms with van der Waals surface area (Å²) in [6.07, 6.45) is 0. The van der Waals surface area contributed by atoms with Gasteiger partial charge in [0.05, 0.1) is 12.4 Å².